The Hall–Kier alpha value is -2.39. The Kier molecular flexibility index (Phi) is 5.50. The van der Waals surface area contributed by atoms with E-state index in [0.717, 1.165) is 22.4 Å². The van der Waals surface area contributed by atoms with E-state index in [0.29, 0.717) is 13.0 Å². The molecule has 0 spiro atoms. The predicted octanol–water partition coefficient (Wildman–Crippen LogP) is 3.89. The van der Waals surface area contributed by atoms with Crippen molar-refractivity contribution >= 4 is 17.7 Å². The summed E-state index contributed by atoms with van der Waals surface area (Å²) in [6.07, 6.45) is 2.62. The fraction of sp³-hybridized carbons (Fsp3) is 0.211. The zero-order valence-corrected chi connectivity index (χ0v) is 13.1. The van der Waals surface area contributed by atoms with Gasteiger partial charge < -0.3 is 11.1 Å². The van der Waals surface area contributed by atoms with Gasteiger partial charge in [-0.15, -0.1) is 0 Å². The second kappa shape index (κ2) is 7.57. The number of nitrogens with two attached hydrogens (primary N) is 1. The summed E-state index contributed by atoms with van der Waals surface area (Å²) < 4.78 is 0. The second-order valence-electron chi connectivity index (χ2n) is 5.29. The molecule has 0 saturated heterocycles. The van der Waals surface area contributed by atoms with Crippen molar-refractivity contribution in [2.45, 2.75) is 26.8 Å². The van der Waals surface area contributed by atoms with Crippen LogP contribution in [0.15, 0.2) is 54.1 Å². The van der Waals surface area contributed by atoms with Crippen LogP contribution in [0.2, 0.25) is 0 Å². The molecule has 1 amide bonds. The number of anilines is 1. The molecule has 22 heavy (non-hydrogen) atoms. The minimum absolute atomic E-state index is 0.0653. The van der Waals surface area contributed by atoms with Gasteiger partial charge in [-0.2, -0.15) is 0 Å². The average Bonchev–Trinajstić information content (AvgIpc) is 2.53. The summed E-state index contributed by atoms with van der Waals surface area (Å²) in [6.45, 7) is 4.53. The van der Waals surface area contributed by atoms with Gasteiger partial charge in [-0.1, -0.05) is 48.9 Å². The number of aryl methyl sites for hydroxylation is 1. The molecule has 0 aliphatic rings. The van der Waals surface area contributed by atoms with Crippen LogP contribution in [0, 0.1) is 6.92 Å². The lowest BCUT2D eigenvalue weighted by molar-refractivity contribution is -0.112. The lowest BCUT2D eigenvalue weighted by Gasteiger charge is -2.08. The predicted molar refractivity (Wildman–Crippen MR) is 92.4 cm³/mol. The van der Waals surface area contributed by atoms with E-state index >= 15 is 0 Å². The van der Waals surface area contributed by atoms with E-state index < -0.39 is 0 Å². The Bertz CT molecular complexity index is 672. The highest BCUT2D eigenvalue weighted by Crippen LogP contribution is 2.15. The first kappa shape index (κ1) is 16.0. The zero-order chi connectivity index (χ0) is 15.9. The van der Waals surface area contributed by atoms with E-state index in [-0.39, 0.29) is 5.91 Å². The Labute approximate surface area is 131 Å². The van der Waals surface area contributed by atoms with Gasteiger partial charge in [0.15, 0.2) is 0 Å². The molecule has 0 aromatic heterocycles. The molecular weight excluding hydrogens is 272 g/mol. The average molecular weight is 294 g/mol. The maximum atomic E-state index is 12.4. The van der Waals surface area contributed by atoms with E-state index in [2.05, 4.69) is 11.4 Å². The van der Waals surface area contributed by atoms with Crippen molar-refractivity contribution in [1.82, 2.24) is 0 Å². The largest absolute Gasteiger partial charge is 0.326 e. The van der Waals surface area contributed by atoms with Crippen LogP contribution < -0.4 is 11.1 Å². The summed E-state index contributed by atoms with van der Waals surface area (Å²) in [5.41, 5.74) is 10.4. The third-order valence-corrected chi connectivity index (χ3v) is 3.50. The van der Waals surface area contributed by atoms with E-state index in [9.17, 15) is 4.79 Å². The minimum atomic E-state index is -0.0653. The van der Waals surface area contributed by atoms with Crippen LogP contribution in [-0.4, -0.2) is 5.91 Å². The SMILES string of the molecule is CC/C(=C\c1cccc(C)c1)C(=O)Nc1ccc(CN)cc1. The molecule has 0 heterocycles. The topological polar surface area (TPSA) is 55.1 Å². The molecule has 0 unspecified atom stereocenters. The maximum absolute atomic E-state index is 12.4. The quantitative estimate of drug-likeness (QED) is 0.822. The molecule has 3 N–H and O–H groups in total. The Morgan fingerprint density at radius 1 is 1.18 bits per heavy atom. The van der Waals surface area contributed by atoms with Crippen molar-refractivity contribution in [3.05, 3.63) is 70.8 Å². The van der Waals surface area contributed by atoms with Gasteiger partial charge in [0.2, 0.25) is 0 Å². The number of carbonyl (C=O) groups is 1. The highest BCUT2D eigenvalue weighted by molar-refractivity contribution is 6.06. The van der Waals surface area contributed by atoms with Gasteiger partial charge in [0.1, 0.15) is 0 Å². The minimum Gasteiger partial charge on any atom is -0.326 e. The first-order valence-corrected chi connectivity index (χ1v) is 7.50. The smallest absolute Gasteiger partial charge is 0.251 e. The highest BCUT2D eigenvalue weighted by atomic mass is 16.1. The van der Waals surface area contributed by atoms with Gasteiger partial charge >= 0.3 is 0 Å². The van der Waals surface area contributed by atoms with Crippen molar-refractivity contribution in [2.24, 2.45) is 5.73 Å². The molecule has 114 valence electrons. The number of benzene rings is 2. The summed E-state index contributed by atoms with van der Waals surface area (Å²) in [7, 11) is 0. The molecule has 3 heteroatoms. The molecule has 2 aromatic rings. The highest BCUT2D eigenvalue weighted by Gasteiger charge is 2.08. The molecule has 3 nitrogen and oxygen atoms in total. The summed E-state index contributed by atoms with van der Waals surface area (Å²) >= 11 is 0. The molecule has 0 aliphatic heterocycles. The van der Waals surface area contributed by atoms with Gasteiger partial charge in [0, 0.05) is 17.8 Å². The first-order valence-electron chi connectivity index (χ1n) is 7.50. The second-order valence-corrected chi connectivity index (χ2v) is 5.29. The molecule has 0 saturated carbocycles. The van der Waals surface area contributed by atoms with Gasteiger partial charge in [-0.05, 0) is 42.7 Å². The van der Waals surface area contributed by atoms with Crippen molar-refractivity contribution in [3.8, 4) is 0 Å². The summed E-state index contributed by atoms with van der Waals surface area (Å²) in [4.78, 5) is 12.4. The molecular formula is C19H22N2O. The van der Waals surface area contributed by atoms with E-state index in [4.69, 9.17) is 5.73 Å². The van der Waals surface area contributed by atoms with Crippen LogP contribution >= 0.6 is 0 Å². The third-order valence-electron chi connectivity index (χ3n) is 3.50. The fourth-order valence-corrected chi connectivity index (χ4v) is 2.22. The summed E-state index contributed by atoms with van der Waals surface area (Å²) in [5.74, 6) is -0.0653. The maximum Gasteiger partial charge on any atom is 0.251 e. The number of amides is 1. The lowest BCUT2D eigenvalue weighted by Crippen LogP contribution is -2.14. The van der Waals surface area contributed by atoms with Crippen molar-refractivity contribution in [3.63, 3.8) is 0 Å². The molecule has 0 fully saturated rings. The summed E-state index contributed by atoms with van der Waals surface area (Å²) in [6, 6.07) is 15.7. The number of carbonyl (C=O) groups excluding carboxylic acids is 1. The normalized spacial score (nSPS) is 11.3. The van der Waals surface area contributed by atoms with Crippen LogP contribution in [-0.2, 0) is 11.3 Å². The van der Waals surface area contributed by atoms with Crippen LogP contribution in [0.25, 0.3) is 6.08 Å². The standard InChI is InChI=1S/C19H22N2O/c1-3-17(12-16-6-4-5-14(2)11-16)19(22)21-18-9-7-15(13-20)8-10-18/h4-12H,3,13,20H2,1-2H3,(H,21,22)/b17-12+. The molecule has 0 aliphatic carbocycles. The third kappa shape index (κ3) is 4.30. The van der Waals surface area contributed by atoms with Crippen LogP contribution in [0.4, 0.5) is 5.69 Å². The Morgan fingerprint density at radius 2 is 1.91 bits per heavy atom. The van der Waals surface area contributed by atoms with Crippen LogP contribution in [0.5, 0.6) is 0 Å². The van der Waals surface area contributed by atoms with Gasteiger partial charge in [-0.25, -0.2) is 0 Å². The molecule has 2 aromatic carbocycles. The van der Waals surface area contributed by atoms with Crippen molar-refractivity contribution in [2.75, 3.05) is 5.32 Å². The number of hydrogen-bond acceptors (Lipinski definition) is 2. The van der Waals surface area contributed by atoms with E-state index in [1.165, 1.54) is 5.56 Å². The zero-order valence-electron chi connectivity index (χ0n) is 13.1. The monoisotopic (exact) mass is 294 g/mol. The van der Waals surface area contributed by atoms with Crippen LogP contribution in [0.1, 0.15) is 30.0 Å². The number of hydrogen-bond donors (Lipinski definition) is 2. The van der Waals surface area contributed by atoms with Crippen LogP contribution in [0.3, 0.4) is 0 Å². The number of rotatable bonds is 5. The van der Waals surface area contributed by atoms with E-state index in [1.54, 1.807) is 0 Å². The molecule has 0 atom stereocenters. The fourth-order valence-electron chi connectivity index (χ4n) is 2.22. The van der Waals surface area contributed by atoms with Gasteiger partial charge in [0.25, 0.3) is 5.91 Å². The van der Waals surface area contributed by atoms with E-state index in [1.807, 2.05) is 62.4 Å². The molecule has 0 bridgehead atoms. The first-order chi connectivity index (χ1) is 10.6. The molecule has 0 radical (unpaired) electrons. The van der Waals surface area contributed by atoms with Crippen molar-refractivity contribution < 1.29 is 4.79 Å². The van der Waals surface area contributed by atoms with Gasteiger partial charge in [-0.3, -0.25) is 4.79 Å². The van der Waals surface area contributed by atoms with Crippen molar-refractivity contribution in [1.29, 1.82) is 0 Å². The van der Waals surface area contributed by atoms with Gasteiger partial charge in [0.05, 0.1) is 0 Å². The summed E-state index contributed by atoms with van der Waals surface area (Å²) in [5, 5.41) is 2.93. The Morgan fingerprint density at radius 3 is 2.50 bits per heavy atom. The Balaban J connectivity index is 2.14. The number of nitrogens with one attached hydrogen (secondary N) is 1. The lowest BCUT2D eigenvalue weighted by atomic mass is 10.1. The molecule has 2 rings (SSSR count).